The van der Waals surface area contributed by atoms with Gasteiger partial charge in [-0.2, -0.15) is 0 Å². The molecule has 0 radical (unpaired) electrons. The second-order valence-corrected chi connectivity index (χ2v) is 5.56. The van der Waals surface area contributed by atoms with Gasteiger partial charge < -0.3 is 15.4 Å². The van der Waals surface area contributed by atoms with E-state index in [0.717, 1.165) is 31.7 Å². The van der Waals surface area contributed by atoms with Gasteiger partial charge in [-0.3, -0.25) is 0 Å². The van der Waals surface area contributed by atoms with E-state index in [1.54, 1.807) is 6.07 Å². The van der Waals surface area contributed by atoms with Crippen LogP contribution < -0.4 is 10.6 Å². The lowest BCUT2D eigenvalue weighted by atomic mass is 10.0. The number of nitrogens with zero attached hydrogens (tertiary/aromatic N) is 1. The summed E-state index contributed by atoms with van der Waals surface area (Å²) in [6.45, 7) is 3.38. The maximum absolute atomic E-state index is 14.1. The first-order valence-corrected chi connectivity index (χ1v) is 7.10. The van der Waals surface area contributed by atoms with Crippen LogP contribution in [0, 0.1) is 5.82 Å². The quantitative estimate of drug-likeness (QED) is 0.892. The van der Waals surface area contributed by atoms with Gasteiger partial charge in [0.25, 0.3) is 0 Å². The van der Waals surface area contributed by atoms with Gasteiger partial charge >= 0.3 is 0 Å². The van der Waals surface area contributed by atoms with E-state index >= 15 is 0 Å². The minimum Gasteiger partial charge on any atom is -0.374 e. The molecule has 3 rings (SSSR count). The zero-order valence-corrected chi connectivity index (χ0v) is 11.3. The van der Waals surface area contributed by atoms with Crippen LogP contribution in [-0.4, -0.2) is 25.3 Å². The molecule has 1 aromatic rings. The Morgan fingerprint density at radius 1 is 1.42 bits per heavy atom. The van der Waals surface area contributed by atoms with Gasteiger partial charge in [0.05, 0.1) is 18.8 Å². The number of rotatable bonds is 2. The third-order valence-electron chi connectivity index (χ3n) is 4.28. The lowest BCUT2D eigenvalue weighted by Gasteiger charge is -2.40. The second kappa shape index (κ2) is 5.10. The Hall–Kier alpha value is -1.13. The van der Waals surface area contributed by atoms with Crippen molar-refractivity contribution in [2.75, 3.05) is 18.1 Å². The molecule has 0 spiro atoms. The number of anilines is 1. The maximum atomic E-state index is 14.1. The fraction of sp³-hybridized carbons (Fsp3) is 0.600. The molecule has 19 heavy (non-hydrogen) atoms. The molecule has 4 heteroatoms. The first-order valence-electron chi connectivity index (χ1n) is 7.10. The summed E-state index contributed by atoms with van der Waals surface area (Å²) in [7, 11) is 0. The Morgan fingerprint density at radius 2 is 2.26 bits per heavy atom. The van der Waals surface area contributed by atoms with Crippen molar-refractivity contribution < 1.29 is 9.13 Å². The molecular weight excluding hydrogens is 243 g/mol. The van der Waals surface area contributed by atoms with Gasteiger partial charge in [-0.05, 0) is 38.3 Å². The van der Waals surface area contributed by atoms with Crippen molar-refractivity contribution in [1.29, 1.82) is 0 Å². The van der Waals surface area contributed by atoms with Crippen LogP contribution in [0.2, 0.25) is 0 Å². The maximum Gasteiger partial charge on any atom is 0.130 e. The Kier molecular flexibility index (Phi) is 3.46. The van der Waals surface area contributed by atoms with Gasteiger partial charge in [-0.25, -0.2) is 4.39 Å². The van der Waals surface area contributed by atoms with Crippen molar-refractivity contribution in [1.82, 2.24) is 0 Å². The highest BCUT2D eigenvalue weighted by molar-refractivity contribution is 5.57. The molecule has 2 N–H and O–H groups in total. The molecule has 3 atom stereocenters. The lowest BCUT2D eigenvalue weighted by Crippen LogP contribution is -2.49. The van der Waals surface area contributed by atoms with Gasteiger partial charge in [-0.1, -0.05) is 6.07 Å². The minimum atomic E-state index is -0.293. The predicted octanol–water partition coefficient (Wildman–Crippen LogP) is 2.60. The highest BCUT2D eigenvalue weighted by Gasteiger charge is 2.37. The van der Waals surface area contributed by atoms with Gasteiger partial charge in [0.2, 0.25) is 0 Å². The normalized spacial score (nSPS) is 28.3. The van der Waals surface area contributed by atoms with E-state index < -0.39 is 0 Å². The Morgan fingerprint density at radius 3 is 3.05 bits per heavy atom. The predicted molar refractivity (Wildman–Crippen MR) is 73.7 cm³/mol. The van der Waals surface area contributed by atoms with Crippen LogP contribution in [-0.2, 0) is 4.74 Å². The van der Waals surface area contributed by atoms with E-state index in [0.29, 0.717) is 17.7 Å². The monoisotopic (exact) mass is 264 g/mol. The number of ether oxygens (including phenoxy) is 1. The number of hydrogen-bond acceptors (Lipinski definition) is 3. The number of nitrogens with two attached hydrogens (primary N) is 1. The number of morpholine rings is 1. The van der Waals surface area contributed by atoms with Gasteiger partial charge in [0, 0.05) is 23.8 Å². The fourth-order valence-corrected chi connectivity index (χ4v) is 3.45. The van der Waals surface area contributed by atoms with E-state index in [9.17, 15) is 4.39 Å². The molecule has 1 aliphatic heterocycles. The summed E-state index contributed by atoms with van der Waals surface area (Å²) in [5, 5.41) is 0. The molecule has 1 saturated heterocycles. The summed E-state index contributed by atoms with van der Waals surface area (Å²) < 4.78 is 19.9. The van der Waals surface area contributed by atoms with Crippen LogP contribution in [0.3, 0.4) is 0 Å². The molecule has 0 aromatic heterocycles. The summed E-state index contributed by atoms with van der Waals surface area (Å²) in [4.78, 5) is 2.31. The average molecular weight is 264 g/mol. The van der Waals surface area contributed by atoms with Gasteiger partial charge in [-0.15, -0.1) is 0 Å². The smallest absolute Gasteiger partial charge is 0.130 e. The van der Waals surface area contributed by atoms with Crippen molar-refractivity contribution in [2.24, 2.45) is 5.73 Å². The Bertz CT molecular complexity index is 463. The highest BCUT2D eigenvalue weighted by atomic mass is 19.1. The van der Waals surface area contributed by atoms with Crippen molar-refractivity contribution in [3.05, 3.63) is 29.6 Å². The van der Waals surface area contributed by atoms with Crippen LogP contribution in [0.1, 0.15) is 37.8 Å². The summed E-state index contributed by atoms with van der Waals surface area (Å²) in [6.07, 6.45) is 3.73. The number of halogens is 1. The molecule has 3 nitrogen and oxygen atoms in total. The third kappa shape index (κ3) is 2.23. The topological polar surface area (TPSA) is 38.5 Å². The highest BCUT2D eigenvalue weighted by Crippen LogP contribution is 2.36. The van der Waals surface area contributed by atoms with Gasteiger partial charge in [0.15, 0.2) is 0 Å². The van der Waals surface area contributed by atoms with Crippen LogP contribution in [0.4, 0.5) is 10.1 Å². The van der Waals surface area contributed by atoms with Gasteiger partial charge in [0.1, 0.15) is 5.82 Å². The Labute approximate surface area is 113 Å². The van der Waals surface area contributed by atoms with Crippen molar-refractivity contribution in [3.8, 4) is 0 Å². The molecule has 0 bridgehead atoms. The molecule has 1 heterocycles. The molecular formula is C15H21FN2O. The molecule has 0 amide bonds. The molecule has 2 aliphatic rings. The Balaban J connectivity index is 1.99. The number of benzene rings is 1. The van der Waals surface area contributed by atoms with Crippen LogP contribution in [0.5, 0.6) is 0 Å². The van der Waals surface area contributed by atoms with Crippen molar-refractivity contribution >= 4 is 5.69 Å². The number of fused-ring (bicyclic) bond motifs is 1. The zero-order valence-electron chi connectivity index (χ0n) is 11.3. The third-order valence-corrected chi connectivity index (χ3v) is 4.28. The number of hydrogen-bond donors (Lipinski definition) is 1. The molecule has 1 saturated carbocycles. The molecule has 2 fully saturated rings. The summed E-state index contributed by atoms with van der Waals surface area (Å²) in [5.41, 5.74) is 7.55. The van der Waals surface area contributed by atoms with E-state index in [-0.39, 0.29) is 11.9 Å². The van der Waals surface area contributed by atoms with E-state index in [4.69, 9.17) is 10.5 Å². The SMILES string of the molecule is C[C@@H](N)c1c(F)cccc1N1CCOC2CCCC21. The van der Waals surface area contributed by atoms with Crippen LogP contribution in [0.25, 0.3) is 0 Å². The standard InChI is InChI=1S/C15H21FN2O/c1-10(17)15-11(16)4-2-6-13(15)18-8-9-19-14-7-3-5-12(14)18/h2,4,6,10,12,14H,3,5,7-9,17H2,1H3/t10-,12?,14?/m1/s1. The first-order chi connectivity index (χ1) is 9.18. The largest absolute Gasteiger partial charge is 0.374 e. The summed E-state index contributed by atoms with van der Waals surface area (Å²) >= 11 is 0. The lowest BCUT2D eigenvalue weighted by molar-refractivity contribution is 0.0255. The fourth-order valence-electron chi connectivity index (χ4n) is 3.45. The average Bonchev–Trinajstić information content (AvgIpc) is 2.85. The molecule has 104 valence electrons. The molecule has 2 unspecified atom stereocenters. The molecule has 1 aromatic carbocycles. The first kappa shape index (κ1) is 12.9. The van der Waals surface area contributed by atoms with Crippen molar-refractivity contribution in [2.45, 2.75) is 44.4 Å². The summed E-state index contributed by atoms with van der Waals surface area (Å²) in [5.74, 6) is -0.200. The second-order valence-electron chi connectivity index (χ2n) is 5.56. The van der Waals surface area contributed by atoms with E-state index in [1.807, 2.05) is 13.0 Å². The van der Waals surface area contributed by atoms with Crippen LogP contribution in [0.15, 0.2) is 18.2 Å². The van der Waals surface area contributed by atoms with Crippen molar-refractivity contribution in [3.63, 3.8) is 0 Å². The van der Waals surface area contributed by atoms with Crippen LogP contribution >= 0.6 is 0 Å². The zero-order chi connectivity index (χ0) is 13.4. The van der Waals surface area contributed by atoms with E-state index in [1.165, 1.54) is 12.5 Å². The molecule has 1 aliphatic carbocycles. The summed E-state index contributed by atoms with van der Waals surface area (Å²) in [6, 6.07) is 5.35. The minimum absolute atomic E-state index is 0.200. The van der Waals surface area contributed by atoms with E-state index in [2.05, 4.69) is 4.90 Å².